The molecule has 0 aromatic rings. The van der Waals surface area contributed by atoms with Gasteiger partial charge in [0.05, 0.1) is 12.5 Å². The van der Waals surface area contributed by atoms with Crippen molar-refractivity contribution in [1.82, 2.24) is 16.4 Å². The van der Waals surface area contributed by atoms with Gasteiger partial charge in [0.2, 0.25) is 20.0 Å². The lowest BCUT2D eigenvalue weighted by Gasteiger charge is -2.39. The molecule has 2 rings (SSSR count). The number of rotatable bonds is 4. The van der Waals surface area contributed by atoms with E-state index in [1.165, 1.54) is 21.1 Å². The zero-order valence-corrected chi connectivity index (χ0v) is 15.3. The molecule has 2 heterocycles. The first kappa shape index (κ1) is 17.6. The molecule has 21 heavy (non-hydrogen) atoms. The van der Waals surface area contributed by atoms with Crippen LogP contribution >= 0.6 is 0 Å². The minimum absolute atomic E-state index is 0.0445. The smallest absolute Gasteiger partial charge is 0.376 e. The first-order chi connectivity index (χ1) is 9.66. The van der Waals surface area contributed by atoms with Crippen molar-refractivity contribution in [2.75, 3.05) is 64.9 Å². The van der Waals surface area contributed by atoms with E-state index in [1.807, 2.05) is 0 Å². The lowest BCUT2D eigenvalue weighted by atomic mass is 10.4. The Morgan fingerprint density at radius 3 is 1.14 bits per heavy atom. The van der Waals surface area contributed by atoms with Gasteiger partial charge in [-0.3, -0.25) is 0 Å². The fourth-order valence-electron chi connectivity index (χ4n) is 2.53. The zero-order valence-electron chi connectivity index (χ0n) is 12.5. The predicted octanol–water partition coefficient (Wildman–Crippen LogP) is -2.32. The summed E-state index contributed by atoms with van der Waals surface area (Å²) in [5.74, 6) is 0. The summed E-state index contributed by atoms with van der Waals surface area (Å²) in [6, 6.07) is 0. The van der Waals surface area contributed by atoms with E-state index in [1.54, 1.807) is 0 Å². The van der Waals surface area contributed by atoms with Gasteiger partial charge in [-0.15, -0.1) is 0 Å². The van der Waals surface area contributed by atoms with E-state index in [2.05, 4.69) is 7.77 Å². The summed E-state index contributed by atoms with van der Waals surface area (Å²) < 4.78 is 53.5. The molecule has 0 aliphatic carbocycles. The van der Waals surface area contributed by atoms with Crippen molar-refractivity contribution in [3.63, 3.8) is 0 Å². The predicted molar refractivity (Wildman–Crippen MR) is 81.7 cm³/mol. The zero-order chi connectivity index (χ0) is 15.7. The summed E-state index contributed by atoms with van der Waals surface area (Å²) >= 11 is -0.0445. The molecule has 2 saturated heterocycles. The SMILES string of the molecule is CS(=O)(=O)N1CC[N]([Al][N]2CCN(S(C)(=O)=O)CC2)CC1. The second kappa shape index (κ2) is 6.80. The van der Waals surface area contributed by atoms with Gasteiger partial charge in [-0.25, -0.2) is 16.8 Å². The molecule has 0 spiro atoms. The van der Waals surface area contributed by atoms with Crippen LogP contribution in [0.3, 0.4) is 0 Å². The number of hydrogen-bond donors (Lipinski definition) is 0. The third-order valence-corrected chi connectivity index (χ3v) is 8.10. The summed E-state index contributed by atoms with van der Waals surface area (Å²) in [5, 5.41) is 0. The van der Waals surface area contributed by atoms with E-state index in [-0.39, 0.29) is 15.7 Å². The van der Waals surface area contributed by atoms with E-state index in [0.29, 0.717) is 26.2 Å². The molecule has 0 aromatic carbocycles. The standard InChI is InChI=1S/2C5H11N2O2S.Al/c2*1-10(8,9)7-4-2-6-3-5-7;/h2*2-5H2,1H3;/q2*-1;+2. The maximum absolute atomic E-state index is 11.5. The van der Waals surface area contributed by atoms with Crippen LogP contribution in [0.5, 0.6) is 0 Å². The molecule has 1 radical (unpaired) electrons. The molecule has 2 aliphatic heterocycles. The van der Waals surface area contributed by atoms with Gasteiger partial charge in [-0.2, -0.15) is 8.61 Å². The van der Waals surface area contributed by atoms with E-state index in [4.69, 9.17) is 0 Å². The van der Waals surface area contributed by atoms with Crippen LogP contribution in [0.1, 0.15) is 0 Å². The molecule has 11 heteroatoms. The molecule has 0 N–H and O–H groups in total. The lowest BCUT2D eigenvalue weighted by Crippen LogP contribution is -2.57. The van der Waals surface area contributed by atoms with Gasteiger partial charge in [0.15, 0.2) is 0 Å². The summed E-state index contributed by atoms with van der Waals surface area (Å²) in [4.78, 5) is 0. The highest BCUT2D eigenvalue weighted by molar-refractivity contribution is 7.88. The highest BCUT2D eigenvalue weighted by Crippen LogP contribution is 2.09. The quantitative estimate of drug-likeness (QED) is 0.528. The van der Waals surface area contributed by atoms with Crippen LogP contribution in [0.25, 0.3) is 0 Å². The number of piperazine rings is 2. The second-order valence-electron chi connectivity index (χ2n) is 5.51. The lowest BCUT2D eigenvalue weighted by molar-refractivity contribution is 0.234. The molecule has 8 nitrogen and oxygen atoms in total. The normalized spacial score (nSPS) is 25.0. The van der Waals surface area contributed by atoms with Gasteiger partial charge < -0.3 is 7.77 Å². The van der Waals surface area contributed by atoms with Crippen LogP contribution in [0.4, 0.5) is 0 Å². The monoisotopic (exact) mass is 353 g/mol. The Morgan fingerprint density at radius 2 is 0.905 bits per heavy atom. The third kappa shape index (κ3) is 5.14. The Kier molecular flexibility index (Phi) is 5.71. The van der Waals surface area contributed by atoms with Crippen LogP contribution in [-0.4, -0.2) is 114 Å². The summed E-state index contributed by atoms with van der Waals surface area (Å²) in [6.45, 7) is 5.24. The van der Waals surface area contributed by atoms with Gasteiger partial charge in [0.1, 0.15) is 0 Å². The molecular formula is C10H22AlN4O4S2. The van der Waals surface area contributed by atoms with E-state index in [0.717, 1.165) is 26.2 Å². The van der Waals surface area contributed by atoms with E-state index >= 15 is 0 Å². The largest absolute Gasteiger partial charge is 0.455 e. The molecular weight excluding hydrogens is 331 g/mol. The van der Waals surface area contributed by atoms with Crippen LogP contribution in [0, 0.1) is 0 Å². The number of nitrogens with zero attached hydrogens (tertiary/aromatic N) is 4. The fraction of sp³-hybridized carbons (Fsp3) is 1.00. The fourth-order valence-corrected chi connectivity index (χ4v) is 5.57. The van der Waals surface area contributed by atoms with Crippen molar-refractivity contribution < 1.29 is 16.8 Å². The van der Waals surface area contributed by atoms with E-state index < -0.39 is 20.0 Å². The molecule has 2 fully saturated rings. The highest BCUT2D eigenvalue weighted by atomic mass is 32.2. The molecule has 121 valence electrons. The van der Waals surface area contributed by atoms with Gasteiger partial charge in [-0.05, 0) is 26.2 Å². The van der Waals surface area contributed by atoms with E-state index in [9.17, 15) is 16.8 Å². The molecule has 2 aliphatic rings. The van der Waals surface area contributed by atoms with Crippen molar-refractivity contribution in [3.05, 3.63) is 0 Å². The Bertz CT molecular complexity index is 502. The minimum Gasteiger partial charge on any atom is -0.376 e. The van der Waals surface area contributed by atoms with Gasteiger partial charge in [-0.1, -0.05) is 0 Å². The Hall–Kier alpha value is 0.272. The first-order valence-electron chi connectivity index (χ1n) is 6.89. The molecule has 0 bridgehead atoms. The van der Waals surface area contributed by atoms with Crippen molar-refractivity contribution in [2.45, 2.75) is 0 Å². The average Bonchev–Trinajstić information content (AvgIpc) is 2.38. The Morgan fingerprint density at radius 1 is 0.619 bits per heavy atom. The van der Waals surface area contributed by atoms with Gasteiger partial charge in [0.25, 0.3) is 0 Å². The number of hydrogen-bond acceptors (Lipinski definition) is 6. The topological polar surface area (TPSA) is 81.2 Å². The van der Waals surface area contributed by atoms with Crippen LogP contribution < -0.4 is 0 Å². The summed E-state index contributed by atoms with van der Waals surface area (Å²) in [6.07, 6.45) is 2.50. The Labute approximate surface area is 133 Å². The van der Waals surface area contributed by atoms with Crippen LogP contribution in [0.2, 0.25) is 0 Å². The second-order valence-corrected chi connectivity index (χ2v) is 11.2. The molecule has 0 unspecified atom stereocenters. The van der Waals surface area contributed by atoms with Crippen molar-refractivity contribution in [2.24, 2.45) is 0 Å². The van der Waals surface area contributed by atoms with Crippen LogP contribution in [-0.2, 0) is 20.0 Å². The van der Waals surface area contributed by atoms with Crippen LogP contribution in [0.15, 0.2) is 0 Å². The maximum Gasteiger partial charge on any atom is 0.455 e. The van der Waals surface area contributed by atoms with Crippen molar-refractivity contribution in [3.8, 4) is 0 Å². The minimum atomic E-state index is -3.08. The highest BCUT2D eigenvalue weighted by Gasteiger charge is 2.28. The Balaban J connectivity index is 1.76. The summed E-state index contributed by atoms with van der Waals surface area (Å²) in [5.41, 5.74) is 0. The molecule has 0 aromatic heterocycles. The molecule has 0 saturated carbocycles. The van der Waals surface area contributed by atoms with Crippen molar-refractivity contribution in [1.29, 1.82) is 0 Å². The van der Waals surface area contributed by atoms with Gasteiger partial charge in [0, 0.05) is 26.2 Å². The van der Waals surface area contributed by atoms with Gasteiger partial charge >= 0.3 is 15.7 Å². The first-order valence-corrected chi connectivity index (χ1v) is 11.6. The summed E-state index contributed by atoms with van der Waals surface area (Å²) in [7, 11) is -6.15. The maximum atomic E-state index is 11.5. The third-order valence-electron chi connectivity index (χ3n) is 3.81. The molecule has 0 amide bonds. The molecule has 0 atom stereocenters. The van der Waals surface area contributed by atoms with Crippen molar-refractivity contribution >= 4 is 35.7 Å². The average molecular weight is 353 g/mol. The number of sulfonamides is 2.